The van der Waals surface area contributed by atoms with Crippen molar-refractivity contribution in [2.45, 2.75) is 12.3 Å². The summed E-state index contributed by atoms with van der Waals surface area (Å²) in [7, 11) is 0. The van der Waals surface area contributed by atoms with Gasteiger partial charge in [0.2, 0.25) is 0 Å². The molecule has 68 valence electrons. The number of ether oxygens (including phenoxy) is 1. The summed E-state index contributed by atoms with van der Waals surface area (Å²) in [5.41, 5.74) is 0.918. The molecular weight excluding hydrogens is 167 g/mol. The average Bonchev–Trinajstić information content (AvgIpc) is 2.18. The first-order chi connectivity index (χ1) is 6.33. The molecule has 0 amide bonds. The average molecular weight is 178 g/mol. The van der Waals surface area contributed by atoms with Crippen LogP contribution in [0.1, 0.15) is 17.9 Å². The quantitative estimate of drug-likeness (QED) is 0.601. The van der Waals surface area contributed by atoms with Gasteiger partial charge < -0.3 is 4.74 Å². The number of fused-ring (bicyclic) bond motifs is 1. The number of rotatable bonds is 1. The summed E-state index contributed by atoms with van der Waals surface area (Å²) in [6, 6.07) is 5.02. The van der Waals surface area contributed by atoms with Crippen LogP contribution in [-0.2, 0) is 0 Å². The van der Waals surface area contributed by atoms with Gasteiger partial charge in [-0.1, -0.05) is 18.2 Å². The van der Waals surface area contributed by atoms with Gasteiger partial charge in [-0.15, -0.1) is 6.58 Å². The fraction of sp³-hybridized carbons (Fsp3) is 0.273. The second-order valence-electron chi connectivity index (χ2n) is 3.14. The lowest BCUT2D eigenvalue weighted by Gasteiger charge is -2.23. The first-order valence-corrected chi connectivity index (χ1v) is 4.36. The van der Waals surface area contributed by atoms with Crippen LogP contribution in [0.5, 0.6) is 5.75 Å². The first-order valence-electron chi connectivity index (χ1n) is 4.36. The molecule has 1 aromatic carbocycles. The zero-order chi connectivity index (χ0) is 9.26. The van der Waals surface area contributed by atoms with Crippen LogP contribution >= 0.6 is 0 Å². The third kappa shape index (κ3) is 1.32. The molecule has 2 rings (SSSR count). The Hall–Kier alpha value is -1.31. The molecule has 0 fully saturated rings. The Kier molecular flexibility index (Phi) is 2.05. The molecule has 0 spiro atoms. The summed E-state index contributed by atoms with van der Waals surface area (Å²) in [5.74, 6) is 0.363. The Morgan fingerprint density at radius 2 is 2.38 bits per heavy atom. The molecule has 13 heavy (non-hydrogen) atoms. The second-order valence-corrected chi connectivity index (χ2v) is 3.14. The van der Waals surface area contributed by atoms with E-state index in [9.17, 15) is 4.39 Å². The van der Waals surface area contributed by atoms with Crippen LogP contribution in [0.4, 0.5) is 4.39 Å². The third-order valence-corrected chi connectivity index (χ3v) is 2.36. The normalized spacial score (nSPS) is 20.2. The van der Waals surface area contributed by atoms with E-state index < -0.39 is 0 Å². The molecule has 1 aromatic rings. The number of halogens is 1. The molecule has 1 heterocycles. The number of hydrogen-bond acceptors (Lipinski definition) is 1. The molecule has 1 atom stereocenters. The first kappa shape index (κ1) is 8.30. The van der Waals surface area contributed by atoms with Crippen molar-refractivity contribution in [3.05, 3.63) is 42.2 Å². The van der Waals surface area contributed by atoms with Crippen LogP contribution in [0.25, 0.3) is 0 Å². The largest absolute Gasteiger partial charge is 0.490 e. The van der Waals surface area contributed by atoms with Crippen molar-refractivity contribution in [3.8, 4) is 5.75 Å². The van der Waals surface area contributed by atoms with Gasteiger partial charge in [0.25, 0.3) is 0 Å². The maximum absolute atomic E-state index is 13.2. The molecule has 2 heteroatoms. The van der Waals surface area contributed by atoms with Crippen LogP contribution < -0.4 is 4.74 Å². The van der Waals surface area contributed by atoms with Crippen LogP contribution in [0.2, 0.25) is 0 Å². The minimum absolute atomic E-state index is 0.236. The van der Waals surface area contributed by atoms with Gasteiger partial charge in [0.1, 0.15) is 0 Å². The van der Waals surface area contributed by atoms with Crippen LogP contribution in [0.15, 0.2) is 30.9 Å². The minimum Gasteiger partial charge on any atom is -0.490 e. The molecule has 1 unspecified atom stereocenters. The van der Waals surface area contributed by atoms with Crippen molar-refractivity contribution in [1.29, 1.82) is 0 Å². The van der Waals surface area contributed by atoms with E-state index in [2.05, 4.69) is 6.58 Å². The molecule has 1 aliphatic heterocycles. The molecule has 0 N–H and O–H groups in total. The van der Waals surface area contributed by atoms with Crippen LogP contribution in [-0.4, -0.2) is 6.61 Å². The zero-order valence-corrected chi connectivity index (χ0v) is 7.29. The van der Waals surface area contributed by atoms with Gasteiger partial charge >= 0.3 is 0 Å². The Balaban J connectivity index is 2.51. The van der Waals surface area contributed by atoms with Crippen molar-refractivity contribution in [3.63, 3.8) is 0 Å². The summed E-state index contributed by atoms with van der Waals surface area (Å²) in [4.78, 5) is 0. The Morgan fingerprint density at radius 1 is 1.54 bits per heavy atom. The summed E-state index contributed by atoms with van der Waals surface area (Å²) < 4.78 is 18.5. The predicted octanol–water partition coefficient (Wildman–Crippen LogP) is 2.88. The lowest BCUT2D eigenvalue weighted by Crippen LogP contribution is -2.13. The molecule has 0 saturated carbocycles. The molecule has 0 saturated heterocycles. The smallest absolute Gasteiger partial charge is 0.165 e. The Labute approximate surface area is 76.8 Å². The summed E-state index contributed by atoms with van der Waals surface area (Å²) in [5, 5.41) is 0. The van der Waals surface area contributed by atoms with E-state index in [1.807, 2.05) is 12.1 Å². The fourth-order valence-electron chi connectivity index (χ4n) is 1.66. The van der Waals surface area contributed by atoms with E-state index in [-0.39, 0.29) is 11.7 Å². The summed E-state index contributed by atoms with van der Waals surface area (Å²) in [6.07, 6.45) is 2.74. The predicted molar refractivity (Wildman–Crippen MR) is 49.5 cm³/mol. The highest BCUT2D eigenvalue weighted by atomic mass is 19.1. The van der Waals surface area contributed by atoms with Gasteiger partial charge in [-0.25, -0.2) is 4.39 Å². The Bertz CT molecular complexity index is 333. The van der Waals surface area contributed by atoms with E-state index in [4.69, 9.17) is 4.74 Å². The molecule has 1 nitrogen and oxygen atoms in total. The van der Waals surface area contributed by atoms with Crippen molar-refractivity contribution in [2.24, 2.45) is 0 Å². The Morgan fingerprint density at radius 3 is 3.15 bits per heavy atom. The van der Waals surface area contributed by atoms with Gasteiger partial charge in [-0.3, -0.25) is 0 Å². The highest BCUT2D eigenvalue weighted by Crippen LogP contribution is 2.35. The second kappa shape index (κ2) is 3.21. The molecule has 0 aromatic heterocycles. The van der Waals surface area contributed by atoms with Gasteiger partial charge in [0, 0.05) is 11.5 Å². The lowest BCUT2D eigenvalue weighted by atomic mass is 9.93. The molecule has 1 aliphatic rings. The zero-order valence-electron chi connectivity index (χ0n) is 7.29. The van der Waals surface area contributed by atoms with Crippen molar-refractivity contribution < 1.29 is 9.13 Å². The monoisotopic (exact) mass is 178 g/mol. The molecule has 0 bridgehead atoms. The van der Waals surface area contributed by atoms with E-state index >= 15 is 0 Å². The van der Waals surface area contributed by atoms with Gasteiger partial charge in [0.15, 0.2) is 11.6 Å². The summed E-state index contributed by atoms with van der Waals surface area (Å²) >= 11 is 0. The van der Waals surface area contributed by atoms with E-state index in [1.165, 1.54) is 6.07 Å². The van der Waals surface area contributed by atoms with E-state index in [0.29, 0.717) is 12.4 Å². The highest BCUT2D eigenvalue weighted by molar-refractivity contribution is 5.40. The molecule has 0 radical (unpaired) electrons. The maximum atomic E-state index is 13.2. The topological polar surface area (TPSA) is 9.23 Å². The molecule has 0 aliphatic carbocycles. The van der Waals surface area contributed by atoms with Crippen LogP contribution in [0, 0.1) is 5.82 Å². The van der Waals surface area contributed by atoms with Crippen molar-refractivity contribution in [1.82, 2.24) is 0 Å². The van der Waals surface area contributed by atoms with E-state index in [0.717, 1.165) is 12.0 Å². The van der Waals surface area contributed by atoms with Crippen LogP contribution in [0.3, 0.4) is 0 Å². The van der Waals surface area contributed by atoms with Gasteiger partial charge in [-0.05, 0) is 12.5 Å². The maximum Gasteiger partial charge on any atom is 0.165 e. The number of para-hydroxylation sites is 1. The SMILES string of the molecule is C=CC1CCOc2c(F)cccc21. The van der Waals surface area contributed by atoms with Gasteiger partial charge in [-0.2, -0.15) is 0 Å². The standard InChI is InChI=1S/C11H11FO/c1-2-8-6-7-13-11-9(8)4-3-5-10(11)12/h2-5,8H,1,6-7H2. The van der Waals surface area contributed by atoms with Crippen molar-refractivity contribution >= 4 is 0 Å². The number of benzene rings is 1. The van der Waals surface area contributed by atoms with Gasteiger partial charge in [0.05, 0.1) is 6.61 Å². The highest BCUT2D eigenvalue weighted by Gasteiger charge is 2.21. The molecular formula is C11H11FO. The van der Waals surface area contributed by atoms with Crippen molar-refractivity contribution in [2.75, 3.05) is 6.61 Å². The number of allylic oxidation sites excluding steroid dienone is 1. The summed E-state index contributed by atoms with van der Waals surface area (Å²) in [6.45, 7) is 4.31. The fourth-order valence-corrected chi connectivity index (χ4v) is 1.66. The lowest BCUT2D eigenvalue weighted by molar-refractivity contribution is 0.264. The third-order valence-electron chi connectivity index (χ3n) is 2.36. The number of hydrogen-bond donors (Lipinski definition) is 0. The minimum atomic E-state index is -0.274. The van der Waals surface area contributed by atoms with E-state index in [1.54, 1.807) is 6.07 Å².